The minimum absolute atomic E-state index is 0.0529. The van der Waals surface area contributed by atoms with E-state index in [0.717, 1.165) is 11.1 Å². The molecule has 23 heavy (non-hydrogen) atoms. The molecule has 0 bridgehead atoms. The summed E-state index contributed by atoms with van der Waals surface area (Å²) < 4.78 is 10.4. The molecule has 6 nitrogen and oxygen atoms in total. The largest absolute Gasteiger partial charge is 0.496 e. The van der Waals surface area contributed by atoms with E-state index in [2.05, 4.69) is 0 Å². The van der Waals surface area contributed by atoms with Gasteiger partial charge in [0.05, 0.1) is 19.3 Å². The number of piperazine rings is 1. The minimum atomic E-state index is -0.316. The van der Waals surface area contributed by atoms with Crippen molar-refractivity contribution in [2.45, 2.75) is 20.8 Å². The van der Waals surface area contributed by atoms with Gasteiger partial charge in [0, 0.05) is 26.2 Å². The zero-order valence-corrected chi connectivity index (χ0v) is 14.2. The highest BCUT2D eigenvalue weighted by atomic mass is 16.6. The number of methoxy groups -OCH3 is 1. The van der Waals surface area contributed by atoms with E-state index in [9.17, 15) is 9.59 Å². The van der Waals surface area contributed by atoms with Gasteiger partial charge in [-0.15, -0.1) is 0 Å². The third-order valence-electron chi connectivity index (χ3n) is 3.97. The Morgan fingerprint density at radius 2 is 1.70 bits per heavy atom. The van der Waals surface area contributed by atoms with Crippen LogP contribution in [0.5, 0.6) is 5.75 Å². The molecule has 2 amide bonds. The van der Waals surface area contributed by atoms with Gasteiger partial charge in [0.1, 0.15) is 5.75 Å². The highest BCUT2D eigenvalue weighted by molar-refractivity contribution is 5.98. The molecule has 1 aromatic rings. The van der Waals surface area contributed by atoms with Crippen LogP contribution < -0.4 is 4.74 Å². The molecule has 1 aromatic carbocycles. The quantitative estimate of drug-likeness (QED) is 0.857. The molecule has 0 unspecified atom stereocenters. The summed E-state index contributed by atoms with van der Waals surface area (Å²) in [5, 5.41) is 0. The molecule has 0 radical (unpaired) electrons. The van der Waals surface area contributed by atoms with Crippen molar-refractivity contribution in [1.29, 1.82) is 0 Å². The number of hydrogen-bond donors (Lipinski definition) is 0. The fraction of sp³-hybridized carbons (Fsp3) is 0.529. The van der Waals surface area contributed by atoms with E-state index in [0.29, 0.717) is 44.1 Å². The molecule has 1 aliphatic heterocycles. The van der Waals surface area contributed by atoms with E-state index in [1.54, 1.807) is 23.8 Å². The number of benzene rings is 1. The number of nitrogens with zero attached hydrogens (tertiary/aromatic N) is 2. The Morgan fingerprint density at radius 1 is 1.09 bits per heavy atom. The van der Waals surface area contributed by atoms with E-state index in [4.69, 9.17) is 9.47 Å². The van der Waals surface area contributed by atoms with Crippen LogP contribution in [-0.4, -0.2) is 61.7 Å². The van der Waals surface area contributed by atoms with Crippen LogP contribution in [0.2, 0.25) is 0 Å². The summed E-state index contributed by atoms with van der Waals surface area (Å²) in [7, 11) is 1.57. The fourth-order valence-corrected chi connectivity index (χ4v) is 2.83. The van der Waals surface area contributed by atoms with Gasteiger partial charge in [0.15, 0.2) is 0 Å². The van der Waals surface area contributed by atoms with Crippen molar-refractivity contribution in [1.82, 2.24) is 9.80 Å². The minimum Gasteiger partial charge on any atom is -0.496 e. The van der Waals surface area contributed by atoms with Crippen molar-refractivity contribution in [3.05, 3.63) is 28.8 Å². The molecule has 0 atom stereocenters. The van der Waals surface area contributed by atoms with Gasteiger partial charge in [-0.05, 0) is 38.0 Å². The molecule has 0 aliphatic carbocycles. The van der Waals surface area contributed by atoms with Crippen LogP contribution in [0, 0.1) is 13.8 Å². The zero-order chi connectivity index (χ0) is 17.0. The number of ether oxygens (including phenoxy) is 2. The lowest BCUT2D eigenvalue weighted by Gasteiger charge is -2.34. The summed E-state index contributed by atoms with van der Waals surface area (Å²) in [6, 6.07) is 3.85. The number of amides is 2. The number of carbonyl (C=O) groups is 2. The normalized spacial score (nSPS) is 14.6. The third kappa shape index (κ3) is 3.75. The van der Waals surface area contributed by atoms with Crippen LogP contribution in [0.3, 0.4) is 0 Å². The van der Waals surface area contributed by atoms with E-state index in [-0.39, 0.29) is 12.0 Å². The number of carbonyl (C=O) groups excluding carboxylic acids is 2. The molecule has 1 fully saturated rings. The van der Waals surface area contributed by atoms with Gasteiger partial charge in [-0.2, -0.15) is 0 Å². The molecule has 126 valence electrons. The number of aryl methyl sites for hydroxylation is 2. The molecule has 1 heterocycles. The van der Waals surface area contributed by atoms with Crippen LogP contribution in [0.25, 0.3) is 0 Å². The van der Waals surface area contributed by atoms with Gasteiger partial charge in [-0.1, -0.05) is 6.07 Å². The maximum absolute atomic E-state index is 12.8. The van der Waals surface area contributed by atoms with Gasteiger partial charge < -0.3 is 19.3 Å². The Labute approximate surface area is 137 Å². The van der Waals surface area contributed by atoms with Gasteiger partial charge in [0.2, 0.25) is 0 Å². The molecule has 2 rings (SSSR count). The lowest BCUT2D eigenvalue weighted by molar-refractivity contribution is 0.0567. The highest BCUT2D eigenvalue weighted by Gasteiger charge is 2.28. The first-order valence-electron chi connectivity index (χ1n) is 7.84. The molecule has 1 aliphatic rings. The van der Waals surface area contributed by atoms with Crippen molar-refractivity contribution in [2.24, 2.45) is 0 Å². The summed E-state index contributed by atoms with van der Waals surface area (Å²) in [6.07, 6.45) is -0.316. The molecule has 0 spiro atoms. The predicted octanol–water partition coefficient (Wildman–Crippen LogP) is 2.23. The standard InChI is InChI=1S/C17H24N2O4/c1-5-23-17(21)19-8-6-18(7-9-19)16(20)15-13(3)10-12(2)11-14(15)22-4/h10-11H,5-9H2,1-4H3. The van der Waals surface area contributed by atoms with Gasteiger partial charge in [-0.3, -0.25) is 4.79 Å². The van der Waals surface area contributed by atoms with Crippen LogP contribution in [0.1, 0.15) is 28.4 Å². The van der Waals surface area contributed by atoms with Crippen molar-refractivity contribution in [3.8, 4) is 5.75 Å². The maximum Gasteiger partial charge on any atom is 0.409 e. The van der Waals surface area contributed by atoms with E-state index >= 15 is 0 Å². The summed E-state index contributed by atoms with van der Waals surface area (Å²) in [5.74, 6) is 0.545. The third-order valence-corrected chi connectivity index (χ3v) is 3.97. The maximum atomic E-state index is 12.8. The molecule has 0 N–H and O–H groups in total. The Bertz CT molecular complexity index is 593. The second-order valence-electron chi connectivity index (χ2n) is 5.64. The highest BCUT2D eigenvalue weighted by Crippen LogP contribution is 2.26. The zero-order valence-electron chi connectivity index (χ0n) is 14.2. The number of rotatable bonds is 3. The molecular weight excluding hydrogens is 296 g/mol. The van der Waals surface area contributed by atoms with Gasteiger partial charge in [0.25, 0.3) is 5.91 Å². The lowest BCUT2D eigenvalue weighted by Crippen LogP contribution is -2.50. The van der Waals surface area contributed by atoms with E-state index < -0.39 is 0 Å². The first-order valence-corrected chi connectivity index (χ1v) is 7.84. The molecule has 1 saturated heterocycles. The Hall–Kier alpha value is -2.24. The lowest BCUT2D eigenvalue weighted by atomic mass is 10.0. The van der Waals surface area contributed by atoms with Crippen molar-refractivity contribution < 1.29 is 19.1 Å². The molecule has 0 aromatic heterocycles. The molecule has 0 saturated carbocycles. The second kappa shape index (κ2) is 7.35. The van der Waals surface area contributed by atoms with E-state index in [1.807, 2.05) is 26.0 Å². The average Bonchev–Trinajstić information content (AvgIpc) is 2.54. The van der Waals surface area contributed by atoms with Crippen molar-refractivity contribution in [2.75, 3.05) is 39.9 Å². The topological polar surface area (TPSA) is 59.1 Å². The van der Waals surface area contributed by atoms with Crippen LogP contribution in [0.4, 0.5) is 4.79 Å². The summed E-state index contributed by atoms with van der Waals surface area (Å²) in [4.78, 5) is 27.9. The Balaban J connectivity index is 2.10. The smallest absolute Gasteiger partial charge is 0.409 e. The first-order chi connectivity index (χ1) is 11.0. The van der Waals surface area contributed by atoms with Crippen LogP contribution in [0.15, 0.2) is 12.1 Å². The average molecular weight is 320 g/mol. The van der Waals surface area contributed by atoms with Crippen molar-refractivity contribution >= 4 is 12.0 Å². The summed E-state index contributed by atoms with van der Waals surface area (Å²) in [6.45, 7) is 7.99. The van der Waals surface area contributed by atoms with Gasteiger partial charge >= 0.3 is 6.09 Å². The summed E-state index contributed by atoms with van der Waals surface area (Å²) >= 11 is 0. The monoisotopic (exact) mass is 320 g/mol. The molecular formula is C17H24N2O4. The first kappa shape index (κ1) is 17.1. The second-order valence-corrected chi connectivity index (χ2v) is 5.64. The Morgan fingerprint density at radius 3 is 2.26 bits per heavy atom. The SMILES string of the molecule is CCOC(=O)N1CCN(C(=O)c2c(C)cc(C)cc2OC)CC1. The van der Waals surface area contributed by atoms with E-state index in [1.165, 1.54) is 0 Å². The predicted molar refractivity (Wildman–Crippen MR) is 87.0 cm³/mol. The van der Waals surface area contributed by atoms with Crippen molar-refractivity contribution in [3.63, 3.8) is 0 Å². The molecule has 6 heteroatoms. The van der Waals surface area contributed by atoms with Crippen LogP contribution >= 0.6 is 0 Å². The fourth-order valence-electron chi connectivity index (χ4n) is 2.83. The number of hydrogen-bond acceptors (Lipinski definition) is 4. The van der Waals surface area contributed by atoms with Crippen LogP contribution in [-0.2, 0) is 4.74 Å². The Kier molecular flexibility index (Phi) is 5.47. The summed E-state index contributed by atoms with van der Waals surface area (Å²) in [5.41, 5.74) is 2.56. The van der Waals surface area contributed by atoms with Gasteiger partial charge in [-0.25, -0.2) is 4.79 Å².